The third-order valence-electron chi connectivity index (χ3n) is 4.41. The van der Waals surface area contributed by atoms with Gasteiger partial charge in [-0.15, -0.1) is 0 Å². The van der Waals surface area contributed by atoms with E-state index in [1.807, 2.05) is 6.08 Å². The van der Waals surface area contributed by atoms with Gasteiger partial charge in [0.15, 0.2) is 0 Å². The maximum atomic E-state index is 10.4. The monoisotopic (exact) mass is 332 g/mol. The fraction of sp³-hybridized carbons (Fsp3) is 0.667. The first-order chi connectivity index (χ1) is 11.6. The van der Waals surface area contributed by atoms with Gasteiger partial charge in [-0.25, -0.2) is 0 Å². The number of rotatable bonds is 12. The lowest BCUT2D eigenvalue weighted by Crippen LogP contribution is -2.01. The molecule has 0 aromatic rings. The first kappa shape index (κ1) is 20.5. The minimum Gasteiger partial charge on any atom is -0.481 e. The molecule has 1 aliphatic carbocycles. The SMILES string of the molecule is CCCCCC(O)C#C/C=C\C[C@@H]1C[C@H]1C/C=C\CCCC(=O)O. The van der Waals surface area contributed by atoms with Crippen molar-refractivity contribution >= 4 is 5.97 Å². The summed E-state index contributed by atoms with van der Waals surface area (Å²) in [5.74, 6) is 6.64. The van der Waals surface area contributed by atoms with Gasteiger partial charge in [-0.05, 0) is 62.9 Å². The number of allylic oxidation sites excluding steroid dienone is 4. The summed E-state index contributed by atoms with van der Waals surface area (Å²) in [6.07, 6.45) is 17.3. The van der Waals surface area contributed by atoms with E-state index in [1.165, 1.54) is 12.8 Å². The van der Waals surface area contributed by atoms with Crippen LogP contribution in [0.5, 0.6) is 0 Å². The van der Waals surface area contributed by atoms with Crippen LogP contribution in [0.3, 0.4) is 0 Å². The Balaban J connectivity index is 2.03. The summed E-state index contributed by atoms with van der Waals surface area (Å²) < 4.78 is 0. The first-order valence-electron chi connectivity index (χ1n) is 9.34. The molecule has 0 aromatic carbocycles. The molecule has 0 aliphatic heterocycles. The van der Waals surface area contributed by atoms with Gasteiger partial charge in [0, 0.05) is 6.42 Å². The number of hydrogen-bond acceptors (Lipinski definition) is 2. The van der Waals surface area contributed by atoms with E-state index in [4.69, 9.17) is 5.11 Å². The van der Waals surface area contributed by atoms with E-state index in [0.29, 0.717) is 0 Å². The highest BCUT2D eigenvalue weighted by molar-refractivity contribution is 5.66. The van der Waals surface area contributed by atoms with Crippen LogP contribution in [0, 0.1) is 23.7 Å². The molecule has 0 amide bonds. The van der Waals surface area contributed by atoms with Crippen molar-refractivity contribution in [3.05, 3.63) is 24.3 Å². The molecule has 0 spiro atoms. The second-order valence-corrected chi connectivity index (χ2v) is 6.69. The lowest BCUT2D eigenvalue weighted by molar-refractivity contribution is -0.137. The van der Waals surface area contributed by atoms with Gasteiger partial charge in [-0.3, -0.25) is 4.79 Å². The molecule has 1 fully saturated rings. The van der Waals surface area contributed by atoms with Crippen molar-refractivity contribution in [3.8, 4) is 11.8 Å². The molecule has 0 aromatic heterocycles. The molecule has 0 bridgehead atoms. The molecular formula is C21H32O3. The van der Waals surface area contributed by atoms with E-state index in [1.54, 1.807) is 0 Å². The summed E-state index contributed by atoms with van der Waals surface area (Å²) >= 11 is 0. The maximum absolute atomic E-state index is 10.4. The summed E-state index contributed by atoms with van der Waals surface area (Å²) in [5.41, 5.74) is 0. The minimum absolute atomic E-state index is 0.259. The molecule has 1 unspecified atom stereocenters. The predicted octanol–water partition coefficient (Wildman–Crippen LogP) is 4.71. The topological polar surface area (TPSA) is 57.5 Å². The lowest BCUT2D eigenvalue weighted by atomic mass is 10.1. The highest BCUT2D eigenvalue weighted by atomic mass is 16.4. The molecule has 0 heterocycles. The number of carboxylic acid groups (broad SMARTS) is 1. The van der Waals surface area contributed by atoms with Gasteiger partial charge in [-0.2, -0.15) is 0 Å². The summed E-state index contributed by atoms with van der Waals surface area (Å²) in [7, 11) is 0. The Bertz CT molecular complexity index is 467. The van der Waals surface area contributed by atoms with Crippen molar-refractivity contribution in [2.75, 3.05) is 0 Å². The smallest absolute Gasteiger partial charge is 0.303 e. The highest BCUT2D eigenvalue weighted by Gasteiger charge is 2.34. The number of carboxylic acids is 1. The Hall–Kier alpha value is -1.53. The number of unbranched alkanes of at least 4 members (excludes halogenated alkanes) is 3. The van der Waals surface area contributed by atoms with Crippen LogP contribution in [0.4, 0.5) is 0 Å². The average molecular weight is 332 g/mol. The van der Waals surface area contributed by atoms with E-state index >= 15 is 0 Å². The van der Waals surface area contributed by atoms with Crippen LogP contribution < -0.4 is 0 Å². The van der Waals surface area contributed by atoms with Gasteiger partial charge >= 0.3 is 5.97 Å². The summed E-state index contributed by atoms with van der Waals surface area (Å²) in [5, 5.41) is 18.2. The van der Waals surface area contributed by atoms with Gasteiger partial charge in [0.05, 0.1) is 0 Å². The lowest BCUT2D eigenvalue weighted by Gasteiger charge is -2.00. The largest absolute Gasteiger partial charge is 0.481 e. The zero-order valence-electron chi connectivity index (χ0n) is 14.9. The first-order valence-corrected chi connectivity index (χ1v) is 9.34. The second kappa shape index (κ2) is 12.8. The third kappa shape index (κ3) is 11.1. The van der Waals surface area contributed by atoms with Gasteiger partial charge in [0.1, 0.15) is 6.10 Å². The molecule has 134 valence electrons. The number of hydrogen-bond donors (Lipinski definition) is 2. The zero-order chi connectivity index (χ0) is 17.6. The molecule has 1 aliphatic rings. The van der Waals surface area contributed by atoms with Gasteiger partial charge < -0.3 is 10.2 Å². The molecule has 1 saturated carbocycles. The molecule has 3 heteroatoms. The van der Waals surface area contributed by atoms with E-state index in [2.05, 4.69) is 37.0 Å². The van der Waals surface area contributed by atoms with Crippen LogP contribution >= 0.6 is 0 Å². The zero-order valence-corrected chi connectivity index (χ0v) is 14.9. The second-order valence-electron chi connectivity index (χ2n) is 6.69. The quantitative estimate of drug-likeness (QED) is 0.309. The number of aliphatic hydroxyl groups is 1. The van der Waals surface area contributed by atoms with Crippen LogP contribution in [0.2, 0.25) is 0 Å². The predicted molar refractivity (Wildman–Crippen MR) is 98.5 cm³/mol. The molecule has 0 saturated heterocycles. The Morgan fingerprint density at radius 3 is 2.62 bits per heavy atom. The molecular weight excluding hydrogens is 300 g/mol. The Morgan fingerprint density at radius 2 is 1.92 bits per heavy atom. The molecule has 24 heavy (non-hydrogen) atoms. The number of aliphatic carboxylic acids is 1. The van der Waals surface area contributed by atoms with E-state index < -0.39 is 12.1 Å². The maximum Gasteiger partial charge on any atom is 0.303 e. The fourth-order valence-electron chi connectivity index (χ4n) is 2.75. The van der Waals surface area contributed by atoms with Crippen molar-refractivity contribution in [2.45, 2.75) is 77.2 Å². The number of carbonyl (C=O) groups is 1. The minimum atomic E-state index is -0.714. The van der Waals surface area contributed by atoms with Crippen molar-refractivity contribution in [1.82, 2.24) is 0 Å². The van der Waals surface area contributed by atoms with Crippen LogP contribution in [0.1, 0.15) is 71.1 Å². The molecule has 3 nitrogen and oxygen atoms in total. The van der Waals surface area contributed by atoms with Crippen molar-refractivity contribution < 1.29 is 15.0 Å². The van der Waals surface area contributed by atoms with Crippen LogP contribution in [0.25, 0.3) is 0 Å². The molecule has 3 atom stereocenters. The molecule has 2 N–H and O–H groups in total. The standard InChI is InChI=1S/C21H32O3/c1-2-3-7-14-20(22)15-10-6-9-13-19-17-18(19)12-8-4-5-11-16-21(23)24/h4,6,8-9,18-20,22H,2-3,5,7,11-14,16-17H2,1H3,(H,23,24)/b8-4-,9-6-/t18-,19-,20?/m1/s1. The van der Waals surface area contributed by atoms with E-state index in [0.717, 1.165) is 56.8 Å². The van der Waals surface area contributed by atoms with Crippen LogP contribution in [0.15, 0.2) is 24.3 Å². The fourth-order valence-corrected chi connectivity index (χ4v) is 2.75. The average Bonchev–Trinajstić information content (AvgIpc) is 3.29. The van der Waals surface area contributed by atoms with Gasteiger partial charge in [0.2, 0.25) is 0 Å². The van der Waals surface area contributed by atoms with E-state index in [9.17, 15) is 9.90 Å². The van der Waals surface area contributed by atoms with E-state index in [-0.39, 0.29) is 6.42 Å². The van der Waals surface area contributed by atoms with Crippen molar-refractivity contribution in [1.29, 1.82) is 0 Å². The van der Waals surface area contributed by atoms with Gasteiger partial charge in [0.25, 0.3) is 0 Å². The summed E-state index contributed by atoms with van der Waals surface area (Å²) in [4.78, 5) is 10.4. The Labute approximate surface area is 146 Å². The summed E-state index contributed by atoms with van der Waals surface area (Å²) in [6, 6.07) is 0. The summed E-state index contributed by atoms with van der Waals surface area (Å²) in [6.45, 7) is 2.15. The Morgan fingerprint density at radius 1 is 1.17 bits per heavy atom. The normalized spacial score (nSPS) is 20.9. The third-order valence-corrected chi connectivity index (χ3v) is 4.41. The van der Waals surface area contributed by atoms with Gasteiger partial charge in [-0.1, -0.05) is 49.8 Å². The Kier molecular flexibility index (Phi) is 11.0. The van der Waals surface area contributed by atoms with Crippen molar-refractivity contribution in [2.24, 2.45) is 11.8 Å². The van der Waals surface area contributed by atoms with Crippen molar-refractivity contribution in [3.63, 3.8) is 0 Å². The highest BCUT2D eigenvalue weighted by Crippen LogP contribution is 2.44. The number of aliphatic hydroxyl groups excluding tert-OH is 1. The molecule has 1 rings (SSSR count). The molecule has 0 radical (unpaired) electrons. The van der Waals surface area contributed by atoms with Crippen LogP contribution in [-0.4, -0.2) is 22.3 Å². The van der Waals surface area contributed by atoms with Crippen LogP contribution in [-0.2, 0) is 4.79 Å².